The average Bonchev–Trinajstić information content (AvgIpc) is 3.08. The van der Waals surface area contributed by atoms with Crippen LogP contribution in [0, 0.1) is 0 Å². The van der Waals surface area contributed by atoms with Crippen LogP contribution in [0.15, 0.2) is 97.1 Å². The fraction of sp³-hybridized carbons (Fsp3) is 0.350. The number of carbonyl (C=O) groups excluding carboxylic acids is 2. The Morgan fingerprint density at radius 1 is 0.723 bits per heavy atom. The number of methoxy groups -OCH3 is 2. The molecule has 0 aliphatic heterocycles. The van der Waals surface area contributed by atoms with Crippen LogP contribution in [-0.2, 0) is 33.8 Å². The highest BCUT2D eigenvalue weighted by Crippen LogP contribution is 2.25. The molecule has 0 amide bonds. The first-order valence-corrected chi connectivity index (χ1v) is 16.2. The van der Waals surface area contributed by atoms with Gasteiger partial charge in [-0.2, -0.15) is 0 Å². The molecule has 4 rings (SSSR count). The zero-order valence-corrected chi connectivity index (χ0v) is 28.3. The van der Waals surface area contributed by atoms with E-state index < -0.39 is 11.6 Å². The minimum absolute atomic E-state index is 0.176. The third-order valence-corrected chi connectivity index (χ3v) is 7.75. The lowest BCUT2D eigenvalue weighted by Crippen LogP contribution is -2.28. The summed E-state index contributed by atoms with van der Waals surface area (Å²) < 4.78 is 22.4. The number of nitrogens with zero attached hydrogens (tertiary/aromatic N) is 1. The van der Waals surface area contributed by atoms with Crippen molar-refractivity contribution in [3.8, 4) is 22.6 Å². The molecule has 4 aromatic carbocycles. The summed E-state index contributed by atoms with van der Waals surface area (Å²) in [4.78, 5) is 26.7. The Labute approximate surface area is 279 Å². The number of hydrogen-bond acceptors (Lipinski definition) is 7. The molecule has 0 bridgehead atoms. The molecule has 47 heavy (non-hydrogen) atoms. The standard InChI is InChI=1S/C40H47NO6/c1-40(2,3)47-38(42)17-11-12-25-41(28-35-23-22-34(39(43)45-5)27-37(35)44-4)26-24-33-15-9-10-16-36(33)46-29-30-18-20-32(21-19-30)31-13-7-6-8-14-31/h6-10,13-16,18-23,27H,11-12,17,24-26,28-29H2,1-5H3. The average molecular weight is 638 g/mol. The molecule has 248 valence electrons. The molecule has 0 N–H and O–H groups in total. The van der Waals surface area contributed by atoms with E-state index in [4.69, 9.17) is 18.9 Å². The maximum Gasteiger partial charge on any atom is 0.337 e. The highest BCUT2D eigenvalue weighted by molar-refractivity contribution is 5.89. The first kappa shape index (κ1) is 35.2. The van der Waals surface area contributed by atoms with Crippen molar-refractivity contribution >= 4 is 11.9 Å². The van der Waals surface area contributed by atoms with E-state index in [1.165, 1.54) is 18.2 Å². The van der Waals surface area contributed by atoms with E-state index in [-0.39, 0.29) is 5.97 Å². The number of carbonyl (C=O) groups is 2. The van der Waals surface area contributed by atoms with Crippen molar-refractivity contribution in [1.82, 2.24) is 4.90 Å². The van der Waals surface area contributed by atoms with Gasteiger partial charge in [0.15, 0.2) is 0 Å². The van der Waals surface area contributed by atoms with Gasteiger partial charge in [-0.3, -0.25) is 9.69 Å². The van der Waals surface area contributed by atoms with Gasteiger partial charge in [0.1, 0.15) is 23.7 Å². The lowest BCUT2D eigenvalue weighted by atomic mass is 10.0. The number of hydrogen-bond donors (Lipinski definition) is 0. The highest BCUT2D eigenvalue weighted by Gasteiger charge is 2.17. The molecule has 0 atom stereocenters. The molecule has 4 aromatic rings. The summed E-state index contributed by atoms with van der Waals surface area (Å²) in [5, 5.41) is 0. The van der Waals surface area contributed by atoms with Crippen LogP contribution in [0.1, 0.15) is 67.1 Å². The van der Waals surface area contributed by atoms with Gasteiger partial charge in [0.25, 0.3) is 0 Å². The van der Waals surface area contributed by atoms with Crippen LogP contribution in [0.4, 0.5) is 0 Å². The normalized spacial score (nSPS) is 11.3. The second kappa shape index (κ2) is 17.3. The summed E-state index contributed by atoms with van der Waals surface area (Å²) in [5.41, 5.74) is 5.52. The second-order valence-electron chi connectivity index (χ2n) is 12.5. The molecule has 0 spiro atoms. The van der Waals surface area contributed by atoms with Crippen LogP contribution in [0.3, 0.4) is 0 Å². The van der Waals surface area contributed by atoms with Crippen LogP contribution in [0.25, 0.3) is 11.1 Å². The van der Waals surface area contributed by atoms with Crippen molar-refractivity contribution in [2.24, 2.45) is 0 Å². The topological polar surface area (TPSA) is 74.3 Å². The van der Waals surface area contributed by atoms with Crippen LogP contribution in [0.5, 0.6) is 11.5 Å². The van der Waals surface area contributed by atoms with Crippen molar-refractivity contribution in [2.75, 3.05) is 27.3 Å². The lowest BCUT2D eigenvalue weighted by Gasteiger charge is -2.24. The molecular formula is C40H47NO6. The number of para-hydroxylation sites is 1. The third kappa shape index (κ3) is 11.3. The van der Waals surface area contributed by atoms with E-state index in [9.17, 15) is 9.59 Å². The smallest absolute Gasteiger partial charge is 0.337 e. The molecule has 0 unspecified atom stereocenters. The molecule has 0 saturated carbocycles. The quantitative estimate of drug-likeness (QED) is 0.0904. The minimum atomic E-state index is -0.489. The predicted octanol–water partition coefficient (Wildman–Crippen LogP) is 8.28. The van der Waals surface area contributed by atoms with Gasteiger partial charge in [0.2, 0.25) is 0 Å². The van der Waals surface area contributed by atoms with Crippen LogP contribution < -0.4 is 9.47 Å². The molecule has 0 aromatic heterocycles. The van der Waals surface area contributed by atoms with Crippen LogP contribution in [-0.4, -0.2) is 49.7 Å². The largest absolute Gasteiger partial charge is 0.496 e. The summed E-state index contributed by atoms with van der Waals surface area (Å²) in [6, 6.07) is 32.4. The fourth-order valence-corrected chi connectivity index (χ4v) is 5.34. The molecular weight excluding hydrogens is 590 g/mol. The molecule has 7 heteroatoms. The molecule has 0 saturated heterocycles. The monoisotopic (exact) mass is 637 g/mol. The van der Waals surface area contributed by atoms with Crippen molar-refractivity contribution in [2.45, 2.75) is 65.2 Å². The zero-order valence-electron chi connectivity index (χ0n) is 28.3. The Balaban J connectivity index is 1.42. The van der Waals surface area contributed by atoms with Gasteiger partial charge in [0, 0.05) is 25.1 Å². The number of benzene rings is 4. The van der Waals surface area contributed by atoms with E-state index >= 15 is 0 Å². The maximum absolute atomic E-state index is 12.3. The summed E-state index contributed by atoms with van der Waals surface area (Å²) in [5.74, 6) is 0.917. The summed E-state index contributed by atoms with van der Waals surface area (Å²) in [6.45, 7) is 8.29. The third-order valence-electron chi connectivity index (χ3n) is 7.75. The van der Waals surface area contributed by atoms with E-state index in [2.05, 4.69) is 47.4 Å². The predicted molar refractivity (Wildman–Crippen MR) is 186 cm³/mol. The minimum Gasteiger partial charge on any atom is -0.496 e. The van der Waals surface area contributed by atoms with Crippen molar-refractivity contribution < 1.29 is 28.5 Å². The Morgan fingerprint density at radius 3 is 2.13 bits per heavy atom. The second-order valence-corrected chi connectivity index (χ2v) is 12.5. The van der Waals surface area contributed by atoms with Crippen molar-refractivity contribution in [3.05, 3.63) is 119 Å². The molecule has 0 aliphatic carbocycles. The van der Waals surface area contributed by atoms with Gasteiger partial charge >= 0.3 is 11.9 Å². The summed E-state index contributed by atoms with van der Waals surface area (Å²) in [7, 11) is 2.97. The Kier molecular flexibility index (Phi) is 13.0. The Morgan fingerprint density at radius 2 is 1.43 bits per heavy atom. The number of rotatable bonds is 16. The molecule has 0 radical (unpaired) electrons. The molecule has 0 heterocycles. The highest BCUT2D eigenvalue weighted by atomic mass is 16.6. The number of ether oxygens (including phenoxy) is 4. The first-order chi connectivity index (χ1) is 22.6. The molecule has 0 aliphatic rings. The van der Waals surface area contributed by atoms with Crippen molar-refractivity contribution in [1.29, 1.82) is 0 Å². The van der Waals surface area contributed by atoms with Gasteiger partial charge in [-0.25, -0.2) is 4.79 Å². The SMILES string of the molecule is COC(=O)c1ccc(CN(CCCCC(=O)OC(C)(C)C)CCc2ccccc2OCc2ccc(-c3ccccc3)cc2)c(OC)c1. The maximum atomic E-state index is 12.3. The zero-order chi connectivity index (χ0) is 33.6. The van der Waals surface area contributed by atoms with Gasteiger partial charge in [-0.05, 0) is 87.0 Å². The van der Waals surface area contributed by atoms with Crippen LogP contribution in [0.2, 0.25) is 0 Å². The van der Waals surface area contributed by atoms with E-state index in [0.29, 0.717) is 30.9 Å². The van der Waals surface area contributed by atoms with E-state index in [1.807, 2.05) is 63.2 Å². The Hall–Kier alpha value is -4.62. The lowest BCUT2D eigenvalue weighted by molar-refractivity contribution is -0.154. The number of unbranched alkanes of at least 4 members (excludes halogenated alkanes) is 1. The summed E-state index contributed by atoms with van der Waals surface area (Å²) in [6.07, 6.45) is 2.72. The van der Waals surface area contributed by atoms with E-state index in [1.54, 1.807) is 19.2 Å². The van der Waals surface area contributed by atoms with E-state index in [0.717, 1.165) is 54.8 Å². The van der Waals surface area contributed by atoms with Crippen LogP contribution >= 0.6 is 0 Å². The fourth-order valence-electron chi connectivity index (χ4n) is 5.34. The molecule has 0 fully saturated rings. The van der Waals surface area contributed by atoms with Gasteiger partial charge in [-0.1, -0.05) is 78.9 Å². The molecule has 7 nitrogen and oxygen atoms in total. The van der Waals surface area contributed by atoms with Gasteiger partial charge in [0.05, 0.1) is 19.8 Å². The first-order valence-electron chi connectivity index (χ1n) is 16.2. The Bertz CT molecular complexity index is 1580. The summed E-state index contributed by atoms with van der Waals surface area (Å²) >= 11 is 0. The van der Waals surface area contributed by atoms with Gasteiger partial charge in [-0.15, -0.1) is 0 Å². The van der Waals surface area contributed by atoms with Gasteiger partial charge < -0.3 is 18.9 Å². The number of esters is 2. The van der Waals surface area contributed by atoms with Crippen molar-refractivity contribution in [3.63, 3.8) is 0 Å².